The second-order valence-corrected chi connectivity index (χ2v) is 4.56. The molecule has 0 radical (unpaired) electrons. The van der Waals surface area contributed by atoms with Crippen LogP contribution >= 0.6 is 0 Å². The zero-order valence-electron chi connectivity index (χ0n) is 11.8. The van der Waals surface area contributed by atoms with E-state index in [0.717, 1.165) is 0 Å². The van der Waals surface area contributed by atoms with Gasteiger partial charge in [0.2, 0.25) is 0 Å². The average molecular weight is 288 g/mol. The zero-order chi connectivity index (χ0) is 15.4. The molecule has 1 unspecified atom stereocenters. The molecule has 6 nitrogen and oxygen atoms in total. The van der Waals surface area contributed by atoms with Gasteiger partial charge in [-0.2, -0.15) is 0 Å². The molecule has 0 fully saturated rings. The van der Waals surface area contributed by atoms with Crippen LogP contribution in [0.5, 0.6) is 0 Å². The Morgan fingerprint density at radius 2 is 2.10 bits per heavy atom. The predicted octanol–water partition coefficient (Wildman–Crippen LogP) is 0.807. The van der Waals surface area contributed by atoms with Crippen LogP contribution in [0.4, 0.5) is 0 Å². The molecular formula is C15H16N2O4. The lowest BCUT2D eigenvalue weighted by Gasteiger charge is -2.15. The SMILES string of the molecule is COC(=O)C(CO)NC(=O)c1cc(C)nc2ccccc12. The second-order valence-electron chi connectivity index (χ2n) is 4.56. The lowest BCUT2D eigenvalue weighted by atomic mass is 10.1. The van der Waals surface area contributed by atoms with Crippen LogP contribution in [0.2, 0.25) is 0 Å². The van der Waals surface area contributed by atoms with Crippen molar-refractivity contribution in [1.82, 2.24) is 10.3 Å². The van der Waals surface area contributed by atoms with Gasteiger partial charge in [0.25, 0.3) is 5.91 Å². The van der Waals surface area contributed by atoms with E-state index < -0.39 is 24.5 Å². The van der Waals surface area contributed by atoms with E-state index in [-0.39, 0.29) is 0 Å². The molecule has 6 heteroatoms. The molecule has 0 saturated heterocycles. The summed E-state index contributed by atoms with van der Waals surface area (Å²) >= 11 is 0. The topological polar surface area (TPSA) is 88.5 Å². The molecule has 1 atom stereocenters. The van der Waals surface area contributed by atoms with Crippen molar-refractivity contribution in [1.29, 1.82) is 0 Å². The number of benzene rings is 1. The molecule has 21 heavy (non-hydrogen) atoms. The summed E-state index contributed by atoms with van der Waals surface area (Å²) in [5.74, 6) is -1.15. The lowest BCUT2D eigenvalue weighted by Crippen LogP contribution is -2.44. The molecular weight excluding hydrogens is 272 g/mol. The molecule has 0 saturated carbocycles. The zero-order valence-corrected chi connectivity index (χ0v) is 11.8. The number of aromatic nitrogens is 1. The number of aliphatic hydroxyl groups is 1. The molecule has 1 heterocycles. The summed E-state index contributed by atoms with van der Waals surface area (Å²) in [4.78, 5) is 28.1. The minimum atomic E-state index is -1.09. The number of methoxy groups -OCH3 is 1. The van der Waals surface area contributed by atoms with Crippen LogP contribution in [0, 0.1) is 6.92 Å². The van der Waals surface area contributed by atoms with Gasteiger partial charge in [-0.25, -0.2) is 4.79 Å². The number of nitrogens with one attached hydrogen (secondary N) is 1. The Hall–Kier alpha value is -2.47. The molecule has 0 aliphatic rings. The van der Waals surface area contributed by atoms with Gasteiger partial charge in [0, 0.05) is 11.1 Å². The van der Waals surface area contributed by atoms with Gasteiger partial charge in [0.05, 0.1) is 24.8 Å². The number of fused-ring (bicyclic) bond motifs is 1. The average Bonchev–Trinajstić information content (AvgIpc) is 2.50. The molecule has 1 amide bonds. The number of pyridine rings is 1. The van der Waals surface area contributed by atoms with Gasteiger partial charge in [0.15, 0.2) is 6.04 Å². The summed E-state index contributed by atoms with van der Waals surface area (Å²) in [6.07, 6.45) is 0. The third-order valence-electron chi connectivity index (χ3n) is 3.06. The summed E-state index contributed by atoms with van der Waals surface area (Å²) in [5, 5.41) is 12.3. The normalized spacial score (nSPS) is 12.0. The van der Waals surface area contributed by atoms with E-state index in [0.29, 0.717) is 22.2 Å². The van der Waals surface area contributed by atoms with Crippen LogP contribution in [0.1, 0.15) is 16.1 Å². The van der Waals surface area contributed by atoms with Gasteiger partial charge in [0.1, 0.15) is 0 Å². The van der Waals surface area contributed by atoms with Crippen molar-refractivity contribution in [2.75, 3.05) is 13.7 Å². The van der Waals surface area contributed by atoms with E-state index >= 15 is 0 Å². The third-order valence-corrected chi connectivity index (χ3v) is 3.06. The minimum Gasteiger partial charge on any atom is -0.467 e. The highest BCUT2D eigenvalue weighted by molar-refractivity contribution is 6.07. The molecule has 1 aromatic carbocycles. The van der Waals surface area contributed by atoms with Crippen LogP contribution < -0.4 is 5.32 Å². The largest absolute Gasteiger partial charge is 0.467 e. The van der Waals surface area contributed by atoms with E-state index in [4.69, 9.17) is 5.11 Å². The fraction of sp³-hybridized carbons (Fsp3) is 0.267. The number of aliphatic hydroxyl groups excluding tert-OH is 1. The van der Waals surface area contributed by atoms with Crippen molar-refractivity contribution >= 4 is 22.8 Å². The van der Waals surface area contributed by atoms with Gasteiger partial charge in [-0.3, -0.25) is 9.78 Å². The number of aryl methyl sites for hydroxylation is 1. The first-order valence-electron chi connectivity index (χ1n) is 6.42. The summed E-state index contributed by atoms with van der Waals surface area (Å²) in [6, 6.07) is 7.78. The van der Waals surface area contributed by atoms with Crippen molar-refractivity contribution in [3.63, 3.8) is 0 Å². The lowest BCUT2D eigenvalue weighted by molar-refractivity contribution is -0.143. The number of nitrogens with zero attached hydrogens (tertiary/aromatic N) is 1. The van der Waals surface area contributed by atoms with E-state index in [9.17, 15) is 9.59 Å². The van der Waals surface area contributed by atoms with Crippen molar-refractivity contribution < 1.29 is 19.4 Å². The standard InChI is InChI=1S/C15H16N2O4/c1-9-7-11(10-5-3-4-6-12(10)16-9)14(19)17-13(8-18)15(20)21-2/h3-7,13,18H,8H2,1-2H3,(H,17,19). The quantitative estimate of drug-likeness (QED) is 0.813. The first-order valence-corrected chi connectivity index (χ1v) is 6.42. The molecule has 2 N–H and O–H groups in total. The Balaban J connectivity index is 2.37. The molecule has 2 aromatic rings. The van der Waals surface area contributed by atoms with Crippen LogP contribution in [0.3, 0.4) is 0 Å². The number of hydrogen-bond donors (Lipinski definition) is 2. The molecule has 0 spiro atoms. The highest BCUT2D eigenvalue weighted by atomic mass is 16.5. The van der Waals surface area contributed by atoms with Gasteiger partial charge < -0.3 is 15.2 Å². The van der Waals surface area contributed by atoms with Crippen LogP contribution in [-0.2, 0) is 9.53 Å². The maximum absolute atomic E-state index is 12.3. The maximum Gasteiger partial charge on any atom is 0.330 e. The van der Waals surface area contributed by atoms with E-state index in [2.05, 4.69) is 15.0 Å². The maximum atomic E-state index is 12.3. The number of esters is 1. The molecule has 110 valence electrons. The predicted molar refractivity (Wildman–Crippen MR) is 76.8 cm³/mol. The number of hydrogen-bond acceptors (Lipinski definition) is 5. The molecule has 0 aliphatic carbocycles. The minimum absolute atomic E-state index is 0.403. The Labute approximate surface area is 121 Å². The Morgan fingerprint density at radius 1 is 1.38 bits per heavy atom. The molecule has 0 bridgehead atoms. The monoisotopic (exact) mass is 288 g/mol. The van der Waals surface area contributed by atoms with Crippen molar-refractivity contribution in [3.8, 4) is 0 Å². The molecule has 0 aliphatic heterocycles. The number of carbonyl (C=O) groups excluding carboxylic acids is 2. The first kappa shape index (κ1) is 14.9. The summed E-state index contributed by atoms with van der Waals surface area (Å²) in [6.45, 7) is 1.26. The summed E-state index contributed by atoms with van der Waals surface area (Å²) in [7, 11) is 1.20. The van der Waals surface area contributed by atoms with Gasteiger partial charge in [-0.05, 0) is 19.1 Å². The Morgan fingerprint density at radius 3 is 2.76 bits per heavy atom. The van der Waals surface area contributed by atoms with Crippen LogP contribution in [-0.4, -0.2) is 41.7 Å². The fourth-order valence-corrected chi connectivity index (χ4v) is 2.05. The first-order chi connectivity index (χ1) is 10.1. The highest BCUT2D eigenvalue weighted by Crippen LogP contribution is 2.18. The molecule has 1 aromatic heterocycles. The van der Waals surface area contributed by atoms with Crippen molar-refractivity contribution in [3.05, 3.63) is 41.6 Å². The van der Waals surface area contributed by atoms with Gasteiger partial charge >= 0.3 is 5.97 Å². The highest BCUT2D eigenvalue weighted by Gasteiger charge is 2.22. The Kier molecular flexibility index (Phi) is 4.49. The van der Waals surface area contributed by atoms with Crippen LogP contribution in [0.15, 0.2) is 30.3 Å². The number of para-hydroxylation sites is 1. The van der Waals surface area contributed by atoms with Gasteiger partial charge in [-0.1, -0.05) is 18.2 Å². The Bertz CT molecular complexity index is 684. The third kappa shape index (κ3) is 3.17. The number of carbonyl (C=O) groups is 2. The molecule has 2 rings (SSSR count). The number of ether oxygens (including phenoxy) is 1. The van der Waals surface area contributed by atoms with Crippen molar-refractivity contribution in [2.24, 2.45) is 0 Å². The van der Waals surface area contributed by atoms with Gasteiger partial charge in [-0.15, -0.1) is 0 Å². The van der Waals surface area contributed by atoms with E-state index in [1.807, 2.05) is 12.1 Å². The van der Waals surface area contributed by atoms with E-state index in [1.54, 1.807) is 25.1 Å². The van der Waals surface area contributed by atoms with E-state index in [1.165, 1.54) is 7.11 Å². The summed E-state index contributed by atoms with van der Waals surface area (Å²) in [5.41, 5.74) is 1.79. The summed E-state index contributed by atoms with van der Waals surface area (Å²) < 4.78 is 4.53. The smallest absolute Gasteiger partial charge is 0.330 e. The fourth-order valence-electron chi connectivity index (χ4n) is 2.05. The second kappa shape index (κ2) is 6.32. The van der Waals surface area contributed by atoms with Crippen molar-refractivity contribution in [2.45, 2.75) is 13.0 Å². The number of rotatable bonds is 4. The number of amides is 1. The van der Waals surface area contributed by atoms with Crippen LogP contribution in [0.25, 0.3) is 10.9 Å².